The lowest BCUT2D eigenvalue weighted by molar-refractivity contribution is 0.0950. The van der Waals surface area contributed by atoms with Gasteiger partial charge in [-0.25, -0.2) is 4.98 Å². The van der Waals surface area contributed by atoms with Gasteiger partial charge in [-0.15, -0.1) is 12.4 Å². The highest BCUT2D eigenvalue weighted by atomic mass is 35.5. The summed E-state index contributed by atoms with van der Waals surface area (Å²) in [6.45, 7) is 8.52. The first-order valence-corrected chi connectivity index (χ1v) is 8.23. The molecule has 0 saturated heterocycles. The normalized spacial score (nSPS) is 12.0. The van der Waals surface area contributed by atoms with Crippen LogP contribution < -0.4 is 11.1 Å². The molecule has 3 heterocycles. The summed E-state index contributed by atoms with van der Waals surface area (Å²) in [5.41, 5.74) is 8.53. The first kappa shape index (κ1) is 19.9. The van der Waals surface area contributed by atoms with E-state index in [2.05, 4.69) is 15.5 Å². The fourth-order valence-corrected chi connectivity index (χ4v) is 2.74. The van der Waals surface area contributed by atoms with Crippen molar-refractivity contribution in [2.45, 2.75) is 27.7 Å². The summed E-state index contributed by atoms with van der Waals surface area (Å²) >= 11 is 0. The lowest BCUT2D eigenvalue weighted by Crippen LogP contribution is -2.31. The number of nitrogens with two attached hydrogens (primary N) is 1. The molecule has 3 N–H and O–H groups in total. The van der Waals surface area contributed by atoms with Gasteiger partial charge in [-0.1, -0.05) is 12.1 Å². The van der Waals surface area contributed by atoms with Gasteiger partial charge in [-0.2, -0.15) is 0 Å². The van der Waals surface area contributed by atoms with Crippen molar-refractivity contribution >= 4 is 29.4 Å². The van der Waals surface area contributed by atoms with Crippen LogP contribution >= 0.6 is 12.4 Å². The maximum atomic E-state index is 12.7. The molecule has 0 aliphatic heterocycles. The van der Waals surface area contributed by atoms with Crippen LogP contribution in [0.4, 0.5) is 0 Å². The second-order valence-electron chi connectivity index (χ2n) is 6.38. The smallest absolute Gasteiger partial charge is 0.259 e. The van der Waals surface area contributed by atoms with E-state index >= 15 is 0 Å². The van der Waals surface area contributed by atoms with Gasteiger partial charge < -0.3 is 20.0 Å². The number of rotatable bonds is 5. The van der Waals surface area contributed by atoms with Gasteiger partial charge in [-0.3, -0.25) is 4.79 Å². The molecule has 7 nitrogen and oxygen atoms in total. The molecule has 3 rings (SSSR count). The number of hydrogen-bond acceptors (Lipinski definition) is 6. The molecule has 0 fully saturated rings. The van der Waals surface area contributed by atoms with E-state index in [-0.39, 0.29) is 24.2 Å². The Morgan fingerprint density at radius 1 is 1.31 bits per heavy atom. The second kappa shape index (κ2) is 7.88. The number of pyridine rings is 1. The molecule has 3 aromatic heterocycles. The number of carbonyl (C=O) groups is 1. The number of halogens is 1. The van der Waals surface area contributed by atoms with Crippen molar-refractivity contribution in [3.8, 4) is 11.3 Å². The molecule has 3 aromatic rings. The highest BCUT2D eigenvalue weighted by Crippen LogP contribution is 2.30. The Hall–Kier alpha value is -2.38. The van der Waals surface area contributed by atoms with Gasteiger partial charge in [0.1, 0.15) is 11.5 Å². The van der Waals surface area contributed by atoms with E-state index in [1.165, 1.54) is 0 Å². The summed E-state index contributed by atoms with van der Waals surface area (Å²) < 4.78 is 10.9. The fraction of sp³-hybridized carbons (Fsp3) is 0.389. The van der Waals surface area contributed by atoms with Crippen LogP contribution in [0.2, 0.25) is 0 Å². The molecule has 0 bridgehead atoms. The first-order valence-electron chi connectivity index (χ1n) is 8.23. The number of nitrogens with zero attached hydrogens (tertiary/aromatic N) is 2. The quantitative estimate of drug-likeness (QED) is 0.706. The van der Waals surface area contributed by atoms with E-state index in [9.17, 15) is 4.79 Å². The van der Waals surface area contributed by atoms with Crippen LogP contribution in [0.5, 0.6) is 0 Å². The van der Waals surface area contributed by atoms with Crippen LogP contribution in [-0.4, -0.2) is 29.1 Å². The summed E-state index contributed by atoms with van der Waals surface area (Å²) in [4.78, 5) is 17.2. The zero-order valence-corrected chi connectivity index (χ0v) is 16.1. The molecule has 1 unspecified atom stereocenters. The third-order valence-electron chi connectivity index (χ3n) is 4.19. The Kier molecular flexibility index (Phi) is 6.05. The van der Waals surface area contributed by atoms with Crippen LogP contribution in [0, 0.1) is 26.7 Å². The first-order chi connectivity index (χ1) is 11.9. The van der Waals surface area contributed by atoms with Crippen molar-refractivity contribution in [2.24, 2.45) is 11.7 Å². The summed E-state index contributed by atoms with van der Waals surface area (Å²) in [6, 6.07) is 3.65. The van der Waals surface area contributed by atoms with Crippen molar-refractivity contribution in [3.05, 3.63) is 34.9 Å². The minimum absolute atomic E-state index is 0. The summed E-state index contributed by atoms with van der Waals surface area (Å²) in [6.07, 6.45) is 0. The summed E-state index contributed by atoms with van der Waals surface area (Å²) in [7, 11) is 0. The van der Waals surface area contributed by atoms with Crippen molar-refractivity contribution in [1.29, 1.82) is 0 Å². The predicted octanol–water partition coefficient (Wildman–Crippen LogP) is 3.15. The average Bonchev–Trinajstić information content (AvgIpc) is 3.13. The van der Waals surface area contributed by atoms with Crippen LogP contribution in [0.3, 0.4) is 0 Å². The Morgan fingerprint density at radius 3 is 2.65 bits per heavy atom. The average molecular weight is 379 g/mol. The van der Waals surface area contributed by atoms with E-state index in [0.717, 1.165) is 17.1 Å². The van der Waals surface area contributed by atoms with Crippen molar-refractivity contribution in [1.82, 2.24) is 15.5 Å². The second-order valence-corrected chi connectivity index (χ2v) is 6.38. The van der Waals surface area contributed by atoms with E-state index in [0.29, 0.717) is 41.1 Å². The van der Waals surface area contributed by atoms with Gasteiger partial charge in [0.2, 0.25) is 0 Å². The van der Waals surface area contributed by atoms with E-state index < -0.39 is 0 Å². The minimum Gasteiger partial charge on any atom is -0.466 e. The lowest BCUT2D eigenvalue weighted by atomic mass is 10.0. The van der Waals surface area contributed by atoms with Crippen LogP contribution in [0.1, 0.15) is 34.5 Å². The zero-order chi connectivity index (χ0) is 18.1. The molecule has 0 spiro atoms. The van der Waals surface area contributed by atoms with Gasteiger partial charge in [0.05, 0.1) is 22.3 Å². The summed E-state index contributed by atoms with van der Waals surface area (Å²) in [5.74, 6) is 1.52. The number of carbonyl (C=O) groups excluding carboxylic acids is 1. The highest BCUT2D eigenvalue weighted by molar-refractivity contribution is 6.07. The number of aromatic nitrogens is 2. The maximum Gasteiger partial charge on any atom is 0.259 e. The lowest BCUT2D eigenvalue weighted by Gasteiger charge is -2.11. The van der Waals surface area contributed by atoms with Crippen LogP contribution in [0.25, 0.3) is 22.4 Å². The monoisotopic (exact) mass is 378 g/mol. The topological polar surface area (TPSA) is 107 Å². The number of furan rings is 1. The molecule has 0 saturated carbocycles. The Labute approximate surface area is 157 Å². The number of hydrogen-bond donors (Lipinski definition) is 2. The number of nitrogens with one attached hydrogen (secondary N) is 1. The molecule has 0 radical (unpaired) electrons. The number of amides is 1. The minimum atomic E-state index is -0.196. The van der Waals surface area contributed by atoms with Gasteiger partial charge in [0.15, 0.2) is 0 Å². The van der Waals surface area contributed by atoms with Crippen LogP contribution in [-0.2, 0) is 0 Å². The van der Waals surface area contributed by atoms with Gasteiger partial charge in [-0.05, 0) is 45.4 Å². The van der Waals surface area contributed by atoms with E-state index in [1.54, 1.807) is 13.0 Å². The number of fused-ring (bicyclic) bond motifs is 1. The molecule has 140 valence electrons. The molecule has 0 aliphatic carbocycles. The van der Waals surface area contributed by atoms with Crippen LogP contribution in [0.15, 0.2) is 21.1 Å². The van der Waals surface area contributed by atoms with Crippen molar-refractivity contribution in [2.75, 3.05) is 13.1 Å². The molecule has 1 atom stereocenters. The predicted molar refractivity (Wildman–Crippen MR) is 102 cm³/mol. The third-order valence-corrected chi connectivity index (χ3v) is 4.19. The van der Waals surface area contributed by atoms with Gasteiger partial charge in [0.25, 0.3) is 11.6 Å². The highest BCUT2D eigenvalue weighted by Gasteiger charge is 2.21. The Morgan fingerprint density at radius 2 is 2.04 bits per heavy atom. The Bertz CT molecular complexity index is 932. The van der Waals surface area contributed by atoms with Gasteiger partial charge >= 0.3 is 0 Å². The molecular weight excluding hydrogens is 356 g/mol. The Balaban J connectivity index is 0.00000243. The fourth-order valence-electron chi connectivity index (χ4n) is 2.74. The third kappa shape index (κ3) is 3.73. The standard InChI is InChI=1S/C18H22N4O3.ClH/c1-9(7-19)8-20-17(23)14-6-15(13-5-10(2)24-12(13)4)21-18-16(14)11(3)22-25-18;/h5-6,9H,7-8,19H2,1-4H3,(H,20,23);1H. The largest absolute Gasteiger partial charge is 0.466 e. The van der Waals surface area contributed by atoms with Gasteiger partial charge in [0, 0.05) is 12.1 Å². The number of aryl methyl sites for hydroxylation is 3. The maximum absolute atomic E-state index is 12.7. The van der Waals surface area contributed by atoms with E-state index in [1.807, 2.05) is 26.8 Å². The van der Waals surface area contributed by atoms with Crippen molar-refractivity contribution in [3.63, 3.8) is 0 Å². The van der Waals surface area contributed by atoms with E-state index in [4.69, 9.17) is 14.7 Å². The molecule has 0 aromatic carbocycles. The van der Waals surface area contributed by atoms with Crippen molar-refractivity contribution < 1.29 is 13.7 Å². The summed E-state index contributed by atoms with van der Waals surface area (Å²) in [5, 5.41) is 7.49. The molecular formula is C18H23ClN4O3. The molecule has 26 heavy (non-hydrogen) atoms. The molecule has 0 aliphatic rings. The molecule has 8 heteroatoms. The molecule has 1 amide bonds. The zero-order valence-electron chi connectivity index (χ0n) is 15.3. The SMILES string of the molecule is Cc1cc(-c2cc(C(=O)NCC(C)CN)c3c(C)noc3n2)c(C)o1.Cl.